The van der Waals surface area contributed by atoms with E-state index in [1.807, 2.05) is 6.33 Å². The fraction of sp³-hybridized carbons (Fsp3) is 0.818. The van der Waals surface area contributed by atoms with Crippen LogP contribution in [0.3, 0.4) is 0 Å². The molecule has 3 rings (SSSR count). The van der Waals surface area contributed by atoms with Crippen LogP contribution in [0.15, 0.2) is 6.33 Å². The van der Waals surface area contributed by atoms with Crippen LogP contribution < -0.4 is 5.32 Å². The van der Waals surface area contributed by atoms with E-state index in [0.717, 1.165) is 19.1 Å². The van der Waals surface area contributed by atoms with Crippen LogP contribution in [0.1, 0.15) is 43.8 Å². The lowest BCUT2D eigenvalue weighted by Crippen LogP contribution is -2.37. The Bertz CT molecular complexity index is 325. The largest absolute Gasteiger partial charge is 0.316 e. The molecule has 2 aliphatic rings. The second-order valence-corrected chi connectivity index (χ2v) is 4.74. The summed E-state index contributed by atoms with van der Waals surface area (Å²) in [6.45, 7) is 2.08. The van der Waals surface area contributed by atoms with E-state index in [0.29, 0.717) is 5.92 Å². The van der Waals surface area contributed by atoms with Gasteiger partial charge in [-0.25, -0.2) is 0 Å². The van der Waals surface area contributed by atoms with Gasteiger partial charge in [0.15, 0.2) is 0 Å². The second-order valence-electron chi connectivity index (χ2n) is 4.74. The van der Waals surface area contributed by atoms with E-state index in [1.54, 1.807) is 0 Å². The molecule has 2 fully saturated rings. The van der Waals surface area contributed by atoms with Crippen molar-refractivity contribution in [2.45, 2.75) is 50.6 Å². The Morgan fingerprint density at radius 2 is 2.20 bits per heavy atom. The predicted octanol–water partition coefficient (Wildman–Crippen LogP) is 1.30. The van der Waals surface area contributed by atoms with Crippen molar-refractivity contribution in [1.82, 2.24) is 20.1 Å². The molecule has 82 valence electrons. The van der Waals surface area contributed by atoms with Crippen LogP contribution in [0.2, 0.25) is 0 Å². The molecule has 0 radical (unpaired) electrons. The van der Waals surface area contributed by atoms with E-state index < -0.39 is 0 Å². The van der Waals surface area contributed by atoms with E-state index in [2.05, 4.69) is 20.1 Å². The van der Waals surface area contributed by atoms with Crippen LogP contribution in [0.4, 0.5) is 0 Å². The number of rotatable bonds is 5. The van der Waals surface area contributed by atoms with Crippen molar-refractivity contribution in [3.05, 3.63) is 12.2 Å². The first-order valence-corrected chi connectivity index (χ1v) is 6.04. The molecule has 1 N–H and O–H groups in total. The zero-order valence-electron chi connectivity index (χ0n) is 9.02. The summed E-state index contributed by atoms with van der Waals surface area (Å²) in [5.41, 5.74) is 0. The molecule has 0 aliphatic heterocycles. The Labute approximate surface area is 90.1 Å². The first-order valence-electron chi connectivity index (χ1n) is 6.04. The molecule has 0 amide bonds. The summed E-state index contributed by atoms with van der Waals surface area (Å²) in [4.78, 5) is 0. The molecule has 15 heavy (non-hydrogen) atoms. The van der Waals surface area contributed by atoms with Crippen molar-refractivity contribution in [1.29, 1.82) is 0 Å². The molecule has 0 aromatic carbocycles. The normalized spacial score (nSPS) is 21.6. The van der Waals surface area contributed by atoms with Crippen LogP contribution in [0, 0.1) is 0 Å². The van der Waals surface area contributed by atoms with E-state index in [9.17, 15) is 0 Å². The zero-order valence-corrected chi connectivity index (χ0v) is 9.02. The molecule has 4 heteroatoms. The lowest BCUT2D eigenvalue weighted by molar-refractivity contribution is 0.334. The van der Waals surface area contributed by atoms with Crippen LogP contribution in [-0.4, -0.2) is 27.4 Å². The average molecular weight is 206 g/mol. The summed E-state index contributed by atoms with van der Waals surface area (Å²) in [7, 11) is 0. The summed E-state index contributed by atoms with van der Waals surface area (Å²) in [6.07, 6.45) is 8.59. The highest BCUT2D eigenvalue weighted by molar-refractivity contribution is 5.04. The maximum atomic E-state index is 4.20. The molecule has 0 spiro atoms. The molecule has 1 aromatic heterocycles. The number of hydrogen-bond acceptors (Lipinski definition) is 3. The van der Waals surface area contributed by atoms with Gasteiger partial charge in [0.2, 0.25) is 0 Å². The summed E-state index contributed by atoms with van der Waals surface area (Å²) in [6, 6.07) is 0.783. The number of hydrogen-bond donors (Lipinski definition) is 1. The maximum Gasteiger partial charge on any atom is 0.135 e. The quantitative estimate of drug-likeness (QED) is 0.789. The highest BCUT2D eigenvalue weighted by Gasteiger charge is 2.28. The van der Waals surface area contributed by atoms with E-state index in [4.69, 9.17) is 0 Å². The van der Waals surface area contributed by atoms with Gasteiger partial charge in [-0.3, -0.25) is 0 Å². The van der Waals surface area contributed by atoms with Gasteiger partial charge >= 0.3 is 0 Å². The molecule has 1 aromatic rings. The Balaban J connectivity index is 1.49. The van der Waals surface area contributed by atoms with Gasteiger partial charge in [0, 0.05) is 25.0 Å². The van der Waals surface area contributed by atoms with Gasteiger partial charge in [-0.1, -0.05) is 6.42 Å². The summed E-state index contributed by atoms with van der Waals surface area (Å²) in [5, 5.41) is 11.8. The third kappa shape index (κ3) is 2.04. The predicted molar refractivity (Wildman–Crippen MR) is 57.6 cm³/mol. The van der Waals surface area contributed by atoms with Gasteiger partial charge in [-0.2, -0.15) is 0 Å². The smallest absolute Gasteiger partial charge is 0.135 e. The monoisotopic (exact) mass is 206 g/mol. The van der Waals surface area contributed by atoms with Gasteiger partial charge in [-0.15, -0.1) is 10.2 Å². The lowest BCUT2D eigenvalue weighted by atomic mass is 9.93. The van der Waals surface area contributed by atoms with Crippen LogP contribution in [-0.2, 0) is 6.54 Å². The molecule has 2 aliphatic carbocycles. The SMILES string of the molecule is c1nnc(C2CC2)n1CCNC1CCC1. The van der Waals surface area contributed by atoms with Crippen molar-refractivity contribution >= 4 is 0 Å². The third-order valence-electron chi connectivity index (χ3n) is 3.48. The minimum atomic E-state index is 0.705. The van der Waals surface area contributed by atoms with Gasteiger partial charge < -0.3 is 9.88 Å². The highest BCUT2D eigenvalue weighted by Crippen LogP contribution is 2.38. The van der Waals surface area contributed by atoms with Crippen molar-refractivity contribution in [2.75, 3.05) is 6.54 Å². The van der Waals surface area contributed by atoms with Crippen molar-refractivity contribution in [3.8, 4) is 0 Å². The van der Waals surface area contributed by atoms with E-state index in [1.165, 1.54) is 37.9 Å². The molecule has 0 unspecified atom stereocenters. The lowest BCUT2D eigenvalue weighted by Gasteiger charge is -2.26. The minimum absolute atomic E-state index is 0.705. The number of nitrogens with zero attached hydrogens (tertiary/aromatic N) is 3. The first-order chi connectivity index (χ1) is 7.43. The van der Waals surface area contributed by atoms with Crippen molar-refractivity contribution in [3.63, 3.8) is 0 Å². The fourth-order valence-corrected chi connectivity index (χ4v) is 2.10. The topological polar surface area (TPSA) is 42.7 Å². The molecular formula is C11H18N4. The molecular weight excluding hydrogens is 188 g/mol. The van der Waals surface area contributed by atoms with Crippen molar-refractivity contribution in [2.24, 2.45) is 0 Å². The maximum absolute atomic E-state index is 4.20. The number of nitrogens with one attached hydrogen (secondary N) is 1. The Morgan fingerprint density at radius 3 is 2.87 bits per heavy atom. The molecule has 0 bridgehead atoms. The summed E-state index contributed by atoms with van der Waals surface area (Å²) >= 11 is 0. The summed E-state index contributed by atoms with van der Waals surface area (Å²) in [5.74, 6) is 1.90. The third-order valence-corrected chi connectivity index (χ3v) is 3.48. The Kier molecular flexibility index (Phi) is 2.44. The standard InChI is InChI=1S/C11H18N4/c1-2-10(3-1)12-6-7-15-8-13-14-11(15)9-4-5-9/h8-10,12H,1-7H2. The van der Waals surface area contributed by atoms with Crippen molar-refractivity contribution < 1.29 is 0 Å². The molecule has 1 heterocycles. The Hall–Kier alpha value is -0.900. The first kappa shape index (κ1) is 9.33. The highest BCUT2D eigenvalue weighted by atomic mass is 15.3. The van der Waals surface area contributed by atoms with Gasteiger partial charge in [-0.05, 0) is 25.7 Å². The van der Waals surface area contributed by atoms with Gasteiger partial charge in [0.1, 0.15) is 12.2 Å². The van der Waals surface area contributed by atoms with Crippen LogP contribution in [0.5, 0.6) is 0 Å². The molecule has 4 nitrogen and oxygen atoms in total. The van der Waals surface area contributed by atoms with E-state index in [-0.39, 0.29) is 0 Å². The molecule has 0 atom stereocenters. The van der Waals surface area contributed by atoms with E-state index >= 15 is 0 Å². The number of aromatic nitrogens is 3. The molecule has 0 saturated heterocycles. The minimum Gasteiger partial charge on any atom is -0.316 e. The Morgan fingerprint density at radius 1 is 1.33 bits per heavy atom. The summed E-state index contributed by atoms with van der Waals surface area (Å²) < 4.78 is 2.21. The zero-order chi connectivity index (χ0) is 10.1. The average Bonchev–Trinajstić information content (AvgIpc) is 2.91. The van der Waals surface area contributed by atoms with Gasteiger partial charge in [0.05, 0.1) is 0 Å². The fourth-order valence-electron chi connectivity index (χ4n) is 2.10. The van der Waals surface area contributed by atoms with Crippen LogP contribution >= 0.6 is 0 Å². The van der Waals surface area contributed by atoms with Crippen LogP contribution in [0.25, 0.3) is 0 Å². The second kappa shape index (κ2) is 3.93. The molecule has 2 saturated carbocycles. The van der Waals surface area contributed by atoms with Gasteiger partial charge in [0.25, 0.3) is 0 Å².